The molecule has 0 N–H and O–H groups in total. The van der Waals surface area contributed by atoms with Crippen molar-refractivity contribution in [3.63, 3.8) is 0 Å². The molecule has 0 saturated carbocycles. The van der Waals surface area contributed by atoms with Gasteiger partial charge >= 0.3 is 0 Å². The van der Waals surface area contributed by atoms with E-state index in [1.54, 1.807) is 0 Å². The van der Waals surface area contributed by atoms with E-state index < -0.39 is 0 Å². The maximum absolute atomic E-state index is 6.50. The molecule has 0 amide bonds. The van der Waals surface area contributed by atoms with Gasteiger partial charge in [-0.1, -0.05) is 89.5 Å². The van der Waals surface area contributed by atoms with Crippen molar-refractivity contribution in [2.45, 2.75) is 58.8 Å². The van der Waals surface area contributed by atoms with Crippen LogP contribution in [0.5, 0.6) is 11.5 Å². The first-order valence-electron chi connectivity index (χ1n) is 10.9. The predicted octanol–water partition coefficient (Wildman–Crippen LogP) is 5.19. The van der Waals surface area contributed by atoms with Crippen LogP contribution in [0.15, 0.2) is 54.6 Å². The molecule has 0 atom stereocenters. The molecule has 0 bridgehead atoms. The molecule has 3 aromatic rings. The van der Waals surface area contributed by atoms with E-state index in [9.17, 15) is 0 Å². The number of hydrogen-bond donors (Lipinski definition) is 0. The highest BCUT2D eigenvalue weighted by Crippen LogP contribution is 2.42. The summed E-state index contributed by atoms with van der Waals surface area (Å²) in [6, 6.07) is 20.3. The zero-order valence-corrected chi connectivity index (χ0v) is 18.3. The van der Waals surface area contributed by atoms with Crippen LogP contribution in [-0.2, 0) is 5.41 Å². The maximum Gasteiger partial charge on any atom is 0.251 e. The van der Waals surface area contributed by atoms with Crippen molar-refractivity contribution in [1.29, 1.82) is 0 Å². The van der Waals surface area contributed by atoms with Gasteiger partial charge in [0.1, 0.15) is 11.5 Å². The first-order valence-corrected chi connectivity index (χ1v) is 10.9. The van der Waals surface area contributed by atoms with E-state index in [4.69, 9.17) is 4.74 Å². The Morgan fingerprint density at radius 3 is 2.24 bits per heavy atom. The molecule has 0 saturated heterocycles. The Morgan fingerprint density at radius 1 is 0.793 bits per heavy atom. The van der Waals surface area contributed by atoms with Gasteiger partial charge in [-0.2, -0.15) is 0 Å². The molecule has 2 aliphatic heterocycles. The first-order chi connectivity index (χ1) is 13.8. The molecule has 0 radical (unpaired) electrons. The second-order valence-electron chi connectivity index (χ2n) is 9.80. The van der Waals surface area contributed by atoms with Crippen LogP contribution < -0.4 is 21.1 Å². The third-order valence-electron chi connectivity index (χ3n) is 6.95. The van der Waals surface area contributed by atoms with Crippen LogP contribution in [0.1, 0.15) is 75.6 Å². The van der Waals surface area contributed by atoms with Gasteiger partial charge in [0, 0.05) is 5.41 Å². The molecular weight excluding hydrogens is 351 g/mol. The second kappa shape index (κ2) is 6.26. The van der Waals surface area contributed by atoms with Crippen molar-refractivity contribution in [3.05, 3.63) is 76.9 Å². The van der Waals surface area contributed by atoms with E-state index >= 15 is 0 Å². The normalized spacial score (nSPS) is 15.7. The van der Waals surface area contributed by atoms with Crippen molar-refractivity contribution < 1.29 is 4.74 Å². The van der Waals surface area contributed by atoms with E-state index in [0.717, 1.165) is 11.5 Å². The van der Waals surface area contributed by atoms with Crippen molar-refractivity contribution in [3.8, 4) is 11.5 Å². The fraction of sp³-hybridized carbons (Fsp3) is 0.333. The van der Waals surface area contributed by atoms with Crippen molar-refractivity contribution in [2.75, 3.05) is 0 Å². The third kappa shape index (κ3) is 2.54. The number of ether oxygens (including phenoxy) is 1. The van der Waals surface area contributed by atoms with Gasteiger partial charge in [0.2, 0.25) is 0 Å². The highest BCUT2D eigenvalue weighted by molar-refractivity contribution is 6.98. The van der Waals surface area contributed by atoms with Gasteiger partial charge in [-0.3, -0.25) is 0 Å². The average Bonchev–Trinajstić information content (AvgIpc) is 2.69. The first kappa shape index (κ1) is 18.5. The largest absolute Gasteiger partial charge is 0.458 e. The monoisotopic (exact) mass is 380 g/mol. The van der Waals surface area contributed by atoms with Crippen LogP contribution in [0, 0.1) is 0 Å². The molecule has 2 heterocycles. The summed E-state index contributed by atoms with van der Waals surface area (Å²) in [5, 5.41) is 0. The topological polar surface area (TPSA) is 9.23 Å². The molecule has 0 fully saturated rings. The fourth-order valence-electron chi connectivity index (χ4n) is 5.47. The van der Waals surface area contributed by atoms with Crippen molar-refractivity contribution >= 4 is 23.1 Å². The minimum atomic E-state index is -0.0471. The van der Waals surface area contributed by atoms with Crippen LogP contribution in [0.25, 0.3) is 0 Å². The maximum atomic E-state index is 6.50. The smallest absolute Gasteiger partial charge is 0.251 e. The molecule has 146 valence electrons. The summed E-state index contributed by atoms with van der Waals surface area (Å²) in [4.78, 5) is 0. The van der Waals surface area contributed by atoms with Crippen LogP contribution in [0.2, 0.25) is 0 Å². The lowest BCUT2D eigenvalue weighted by molar-refractivity contribution is 0.483. The summed E-state index contributed by atoms with van der Waals surface area (Å²) >= 11 is 0. The predicted molar refractivity (Wildman–Crippen MR) is 124 cm³/mol. The van der Waals surface area contributed by atoms with Gasteiger partial charge in [0.05, 0.1) is 0 Å². The van der Waals surface area contributed by atoms with Gasteiger partial charge in [-0.05, 0) is 57.1 Å². The summed E-state index contributed by atoms with van der Waals surface area (Å²) in [5.74, 6) is 3.01. The molecule has 0 spiro atoms. The Balaban J connectivity index is 1.89. The molecule has 0 aliphatic carbocycles. The molecule has 1 nitrogen and oxygen atoms in total. The number of hydrogen-bond acceptors (Lipinski definition) is 1. The Kier molecular flexibility index (Phi) is 4.00. The standard InChI is InChI=1S/C27H29BO/c1-16(2)18-11-13-23-22(15-18)28-21-10-8-7-9-20(21)27(5,6)25-19(17(3)4)12-14-24(29-23)26(25)28/h7-17H,1-6H3. The molecule has 5 rings (SSSR count). The van der Waals surface area contributed by atoms with Crippen LogP contribution >= 0.6 is 0 Å². The Labute approximate surface area is 175 Å². The highest BCUT2D eigenvalue weighted by Gasteiger charge is 2.46. The van der Waals surface area contributed by atoms with E-state index in [0.29, 0.717) is 11.8 Å². The minimum Gasteiger partial charge on any atom is -0.458 e. The van der Waals surface area contributed by atoms with Crippen LogP contribution in [0.4, 0.5) is 0 Å². The molecule has 2 aliphatic rings. The second-order valence-corrected chi connectivity index (χ2v) is 9.80. The average molecular weight is 380 g/mol. The Morgan fingerprint density at radius 2 is 1.52 bits per heavy atom. The summed E-state index contributed by atoms with van der Waals surface area (Å²) < 4.78 is 6.50. The Hall–Kier alpha value is -2.48. The lowest BCUT2D eigenvalue weighted by Gasteiger charge is -2.43. The van der Waals surface area contributed by atoms with Gasteiger partial charge < -0.3 is 4.74 Å². The fourth-order valence-corrected chi connectivity index (χ4v) is 5.47. The highest BCUT2D eigenvalue weighted by atomic mass is 16.5. The lowest BCUT2D eigenvalue weighted by atomic mass is 9.30. The lowest BCUT2D eigenvalue weighted by Crippen LogP contribution is -2.62. The third-order valence-corrected chi connectivity index (χ3v) is 6.95. The van der Waals surface area contributed by atoms with E-state index in [1.807, 2.05) is 0 Å². The molecule has 0 unspecified atom stereocenters. The van der Waals surface area contributed by atoms with Crippen molar-refractivity contribution in [1.82, 2.24) is 0 Å². The number of rotatable bonds is 2. The molecular formula is C27H29BO. The van der Waals surface area contributed by atoms with Crippen LogP contribution in [-0.4, -0.2) is 6.71 Å². The van der Waals surface area contributed by atoms with Gasteiger partial charge in [-0.15, -0.1) is 0 Å². The summed E-state index contributed by atoms with van der Waals surface area (Å²) in [7, 11) is 0. The number of fused-ring (bicyclic) bond motifs is 4. The molecule has 0 aromatic heterocycles. The SMILES string of the molecule is CC(C)c1ccc2c(c1)B1c3ccccc3C(C)(C)c3c(C(C)C)ccc(c31)O2. The summed E-state index contributed by atoms with van der Waals surface area (Å²) in [5.41, 5.74) is 9.81. The zero-order valence-electron chi connectivity index (χ0n) is 18.3. The van der Waals surface area contributed by atoms with E-state index in [2.05, 4.69) is 96.1 Å². The van der Waals surface area contributed by atoms with Gasteiger partial charge in [0.15, 0.2) is 0 Å². The molecule has 29 heavy (non-hydrogen) atoms. The van der Waals surface area contributed by atoms with Crippen molar-refractivity contribution in [2.24, 2.45) is 0 Å². The van der Waals surface area contributed by atoms with Gasteiger partial charge in [-0.25, -0.2) is 0 Å². The quantitative estimate of drug-likeness (QED) is 0.435. The van der Waals surface area contributed by atoms with E-state index in [1.165, 1.54) is 38.6 Å². The summed E-state index contributed by atoms with van der Waals surface area (Å²) in [6.45, 7) is 14.1. The van der Waals surface area contributed by atoms with E-state index in [-0.39, 0.29) is 12.1 Å². The zero-order chi connectivity index (χ0) is 20.5. The van der Waals surface area contributed by atoms with Crippen LogP contribution in [0.3, 0.4) is 0 Å². The molecule has 2 heteroatoms. The summed E-state index contributed by atoms with van der Waals surface area (Å²) in [6.07, 6.45) is 0. The van der Waals surface area contributed by atoms with Gasteiger partial charge in [0.25, 0.3) is 6.71 Å². The molecule has 3 aromatic carbocycles. The number of benzene rings is 3. The Bertz CT molecular complexity index is 1120. The minimum absolute atomic E-state index is 0.0471.